The number of aliphatic hydroxyl groups is 1. The Morgan fingerprint density at radius 3 is 3.00 bits per heavy atom. The van der Waals surface area contributed by atoms with Gasteiger partial charge in [0.05, 0.1) is 18.1 Å². The molecule has 2 aromatic rings. The zero-order chi connectivity index (χ0) is 16.4. The van der Waals surface area contributed by atoms with Crippen LogP contribution < -0.4 is 5.69 Å². The number of alkyl halides is 1. The standard InChI is InChI=1S/C13H13BrClN5O3/c14-2-1-8-5-19(11-3-9(21)10(4-15)23-11)13(22)18-12(8)20-7-16-6-17-20/h1-2,5-7,9-11,21H,3-4H2/b2-1-/t9-,10+,11+/m0/s1. The van der Waals surface area contributed by atoms with Crippen LogP contribution in [0.5, 0.6) is 0 Å². The summed E-state index contributed by atoms with van der Waals surface area (Å²) >= 11 is 8.96. The molecule has 1 fully saturated rings. The molecular formula is C13H13BrClN5O3. The van der Waals surface area contributed by atoms with Crippen molar-refractivity contribution in [3.63, 3.8) is 0 Å². The van der Waals surface area contributed by atoms with Crippen molar-refractivity contribution in [1.82, 2.24) is 24.3 Å². The molecule has 10 heteroatoms. The van der Waals surface area contributed by atoms with Crippen LogP contribution in [0.4, 0.5) is 0 Å². The van der Waals surface area contributed by atoms with Crippen LogP contribution in [0, 0.1) is 0 Å². The third kappa shape index (κ3) is 3.23. The number of ether oxygens (including phenoxy) is 1. The van der Waals surface area contributed by atoms with Crippen LogP contribution in [0.25, 0.3) is 11.9 Å². The van der Waals surface area contributed by atoms with Gasteiger partial charge in [0.25, 0.3) is 0 Å². The van der Waals surface area contributed by atoms with E-state index in [1.54, 1.807) is 17.3 Å². The zero-order valence-corrected chi connectivity index (χ0v) is 14.1. The predicted molar refractivity (Wildman–Crippen MR) is 86.6 cm³/mol. The third-order valence-electron chi connectivity index (χ3n) is 3.50. The van der Waals surface area contributed by atoms with E-state index in [1.807, 2.05) is 0 Å². The lowest BCUT2D eigenvalue weighted by atomic mass is 10.2. The second kappa shape index (κ2) is 6.91. The van der Waals surface area contributed by atoms with Gasteiger partial charge in [-0.15, -0.1) is 11.6 Å². The molecule has 0 bridgehead atoms. The molecule has 0 aromatic carbocycles. The fourth-order valence-electron chi connectivity index (χ4n) is 2.39. The zero-order valence-electron chi connectivity index (χ0n) is 11.8. The first-order chi connectivity index (χ1) is 11.1. The summed E-state index contributed by atoms with van der Waals surface area (Å²) in [4.78, 5) is 21.9. The maximum Gasteiger partial charge on any atom is 0.351 e. The van der Waals surface area contributed by atoms with Crippen LogP contribution >= 0.6 is 27.5 Å². The van der Waals surface area contributed by atoms with Gasteiger partial charge in [0.15, 0.2) is 5.82 Å². The van der Waals surface area contributed by atoms with E-state index < -0.39 is 24.1 Å². The molecule has 3 heterocycles. The number of rotatable bonds is 4. The van der Waals surface area contributed by atoms with Crippen molar-refractivity contribution in [2.45, 2.75) is 24.9 Å². The second-order valence-electron chi connectivity index (χ2n) is 4.93. The molecule has 1 N–H and O–H groups in total. The normalized spacial score (nSPS) is 24.6. The van der Waals surface area contributed by atoms with E-state index in [0.29, 0.717) is 11.4 Å². The summed E-state index contributed by atoms with van der Waals surface area (Å²) in [7, 11) is 0. The van der Waals surface area contributed by atoms with Crippen molar-refractivity contribution in [3.05, 3.63) is 39.9 Å². The van der Waals surface area contributed by atoms with E-state index >= 15 is 0 Å². The van der Waals surface area contributed by atoms with Crippen molar-refractivity contribution < 1.29 is 9.84 Å². The average Bonchev–Trinajstić information content (AvgIpc) is 3.18. The van der Waals surface area contributed by atoms with E-state index in [2.05, 4.69) is 31.0 Å². The molecule has 1 aliphatic heterocycles. The molecular weight excluding hydrogens is 390 g/mol. The fraction of sp³-hybridized carbons (Fsp3) is 0.385. The number of hydrogen-bond acceptors (Lipinski definition) is 6. The summed E-state index contributed by atoms with van der Waals surface area (Å²) in [5.41, 5.74) is 0.133. The molecule has 2 aromatic heterocycles. The molecule has 8 nitrogen and oxygen atoms in total. The van der Waals surface area contributed by atoms with Crippen LogP contribution in [0.3, 0.4) is 0 Å². The summed E-state index contributed by atoms with van der Waals surface area (Å²) < 4.78 is 8.37. The molecule has 23 heavy (non-hydrogen) atoms. The van der Waals surface area contributed by atoms with Gasteiger partial charge in [0.1, 0.15) is 18.9 Å². The summed E-state index contributed by atoms with van der Waals surface area (Å²) in [5, 5.41) is 13.9. The molecule has 1 saturated heterocycles. The highest BCUT2D eigenvalue weighted by Crippen LogP contribution is 2.28. The quantitative estimate of drug-likeness (QED) is 0.769. The van der Waals surface area contributed by atoms with Crippen molar-refractivity contribution >= 4 is 33.6 Å². The molecule has 0 spiro atoms. The van der Waals surface area contributed by atoms with Gasteiger partial charge in [-0.05, 0) is 11.1 Å². The molecule has 122 valence electrons. The minimum absolute atomic E-state index is 0.158. The Kier molecular flexibility index (Phi) is 4.90. The first kappa shape index (κ1) is 16.3. The van der Waals surface area contributed by atoms with Crippen LogP contribution in [-0.4, -0.2) is 47.5 Å². The lowest BCUT2D eigenvalue weighted by molar-refractivity contribution is -0.00822. The van der Waals surface area contributed by atoms with Gasteiger partial charge in [0, 0.05) is 18.2 Å². The SMILES string of the molecule is O=c1nc(-n2cncn2)c(/C=C\Br)cn1[C@H]1C[C@H](O)[C@@H](CCl)O1. The number of aliphatic hydroxyl groups excluding tert-OH is 1. The molecule has 0 saturated carbocycles. The van der Waals surface area contributed by atoms with E-state index in [0.717, 1.165) is 0 Å². The highest BCUT2D eigenvalue weighted by Gasteiger charge is 2.35. The topological polar surface area (TPSA) is 95.1 Å². The second-order valence-corrected chi connectivity index (χ2v) is 5.77. The van der Waals surface area contributed by atoms with E-state index in [1.165, 1.54) is 21.9 Å². The Morgan fingerprint density at radius 2 is 2.39 bits per heavy atom. The summed E-state index contributed by atoms with van der Waals surface area (Å²) in [5.74, 6) is 0.511. The monoisotopic (exact) mass is 401 g/mol. The molecule has 3 rings (SSSR count). The Morgan fingerprint density at radius 1 is 1.57 bits per heavy atom. The first-order valence-corrected chi connectivity index (χ1v) is 8.23. The Labute approximate surface area is 144 Å². The lowest BCUT2D eigenvalue weighted by Gasteiger charge is -2.16. The largest absolute Gasteiger partial charge is 0.390 e. The van der Waals surface area contributed by atoms with Crippen molar-refractivity contribution in [1.29, 1.82) is 0 Å². The number of halogens is 2. The van der Waals surface area contributed by atoms with Crippen LogP contribution in [0.15, 0.2) is 28.6 Å². The van der Waals surface area contributed by atoms with Gasteiger partial charge >= 0.3 is 5.69 Å². The average molecular weight is 403 g/mol. The minimum Gasteiger partial charge on any atom is -0.390 e. The van der Waals surface area contributed by atoms with Crippen LogP contribution in [0.1, 0.15) is 18.2 Å². The van der Waals surface area contributed by atoms with Crippen molar-refractivity contribution in [2.24, 2.45) is 0 Å². The summed E-state index contributed by atoms with van der Waals surface area (Å²) in [6.07, 6.45) is 4.60. The van der Waals surface area contributed by atoms with Gasteiger partial charge < -0.3 is 9.84 Å². The smallest absolute Gasteiger partial charge is 0.351 e. The molecule has 0 amide bonds. The molecule has 0 unspecified atom stereocenters. The van der Waals surface area contributed by atoms with Gasteiger partial charge in [-0.2, -0.15) is 10.1 Å². The summed E-state index contributed by atoms with van der Waals surface area (Å²) in [6.45, 7) is 0. The molecule has 3 atom stereocenters. The number of aromatic nitrogens is 5. The minimum atomic E-state index is -0.713. The van der Waals surface area contributed by atoms with E-state index in [4.69, 9.17) is 16.3 Å². The highest BCUT2D eigenvalue weighted by atomic mass is 79.9. The van der Waals surface area contributed by atoms with Gasteiger partial charge in [0.2, 0.25) is 0 Å². The molecule has 1 aliphatic rings. The third-order valence-corrected chi connectivity index (χ3v) is 4.07. The van der Waals surface area contributed by atoms with Gasteiger partial charge in [-0.25, -0.2) is 14.5 Å². The molecule has 0 aliphatic carbocycles. The maximum absolute atomic E-state index is 12.3. The summed E-state index contributed by atoms with van der Waals surface area (Å²) in [6, 6.07) is 0. The maximum atomic E-state index is 12.3. The van der Waals surface area contributed by atoms with Gasteiger partial charge in [-0.3, -0.25) is 4.57 Å². The fourth-order valence-corrected chi connectivity index (χ4v) is 2.96. The molecule has 0 radical (unpaired) electrons. The van der Waals surface area contributed by atoms with E-state index in [-0.39, 0.29) is 12.3 Å². The van der Waals surface area contributed by atoms with Crippen LogP contribution in [0.2, 0.25) is 0 Å². The predicted octanol–water partition coefficient (Wildman–Crippen LogP) is 1.08. The highest BCUT2D eigenvalue weighted by molar-refractivity contribution is 9.11. The first-order valence-electron chi connectivity index (χ1n) is 6.78. The Hall–Kier alpha value is -1.55. The van der Waals surface area contributed by atoms with Crippen LogP contribution in [-0.2, 0) is 4.74 Å². The lowest BCUT2D eigenvalue weighted by Crippen LogP contribution is -2.29. The Balaban J connectivity index is 2.03. The number of nitrogens with zero attached hydrogens (tertiary/aromatic N) is 5. The van der Waals surface area contributed by atoms with Crippen molar-refractivity contribution in [2.75, 3.05) is 5.88 Å². The van der Waals surface area contributed by atoms with Crippen molar-refractivity contribution in [3.8, 4) is 5.82 Å². The Bertz CT molecular complexity index is 763. The number of hydrogen-bond donors (Lipinski definition) is 1. The van der Waals surface area contributed by atoms with E-state index in [9.17, 15) is 9.90 Å². The van der Waals surface area contributed by atoms with Gasteiger partial charge in [-0.1, -0.05) is 15.9 Å².